The van der Waals surface area contributed by atoms with Crippen molar-refractivity contribution in [1.29, 1.82) is 0 Å². The molecule has 0 aliphatic carbocycles. The Hall–Kier alpha value is -1.68. The SMILES string of the molecule is [CH2-]C.[CH2-]C(=O)c1cc(Cl)ccc1N=[C-]SC(C(=O)N(C)CC[C@H](C)O)c1ccccc1.[Li+]. The van der Waals surface area contributed by atoms with Gasteiger partial charge in [-0.1, -0.05) is 48.0 Å². The molecule has 0 aliphatic heterocycles. The molecule has 168 valence electrons. The summed E-state index contributed by atoms with van der Waals surface area (Å²) >= 11 is 7.07. The molecule has 0 radical (unpaired) electrons. The number of carbonyl (C=O) groups is 2. The maximum Gasteiger partial charge on any atom is 1.00 e. The smallest absolute Gasteiger partial charge is 0.463 e. The number of Topliss-reactive ketones (excluding diaryl/α,β-unsaturated/α-hetero) is 1. The minimum atomic E-state index is -0.551. The van der Waals surface area contributed by atoms with Crippen LogP contribution in [-0.2, 0) is 4.79 Å². The molecule has 1 amide bonds. The number of carbonyl (C=O) groups excluding carboxylic acids is 2. The second kappa shape index (κ2) is 16.0. The van der Waals surface area contributed by atoms with E-state index in [2.05, 4.69) is 24.4 Å². The van der Waals surface area contributed by atoms with Crippen LogP contribution >= 0.6 is 23.4 Å². The predicted octanol–water partition coefficient (Wildman–Crippen LogP) is 2.44. The number of aliphatic imine (C=N–C) groups is 1. The quantitative estimate of drug-likeness (QED) is 0.203. The first-order chi connectivity index (χ1) is 14.8. The summed E-state index contributed by atoms with van der Waals surface area (Å²) in [6, 6.07) is 14.1. The standard InChI is InChI=1S/C22H23ClN2O3S.C2H5.Li/c1-15(26)11-12-25(3)22(28)21(17-7-5-4-6-8-17)29-14-24-20-10-9-18(23)13-19(20)16(2)27;1-2;/h4-10,13,15,21,26H,2,11-12H2,1,3H3;1H2,2H3;/q-2;-1;+1/t15-,21?;;/m0../s1. The van der Waals surface area contributed by atoms with E-state index in [4.69, 9.17) is 11.6 Å². The molecule has 0 aliphatic rings. The second-order valence-electron chi connectivity index (χ2n) is 6.59. The number of thioether (sulfide) groups is 1. The predicted molar refractivity (Wildman–Crippen MR) is 130 cm³/mol. The van der Waals surface area contributed by atoms with Crippen molar-refractivity contribution in [3.05, 3.63) is 78.5 Å². The van der Waals surface area contributed by atoms with Gasteiger partial charge >= 0.3 is 18.9 Å². The molecule has 0 aromatic heterocycles. The molecule has 0 saturated carbocycles. The van der Waals surface area contributed by atoms with Crippen molar-refractivity contribution in [3.8, 4) is 0 Å². The monoisotopic (exact) mass is 466 g/mol. The van der Waals surface area contributed by atoms with Crippen LogP contribution in [0.1, 0.15) is 41.4 Å². The molecule has 0 spiro atoms. The summed E-state index contributed by atoms with van der Waals surface area (Å²) in [7, 11) is 1.71. The van der Waals surface area contributed by atoms with Crippen molar-refractivity contribution in [1.82, 2.24) is 4.90 Å². The van der Waals surface area contributed by atoms with E-state index in [1.165, 1.54) is 6.07 Å². The molecule has 0 bridgehead atoms. The number of aliphatic hydroxyl groups is 1. The first kappa shape index (κ1) is 30.3. The molecule has 32 heavy (non-hydrogen) atoms. The normalized spacial score (nSPS) is 12.2. The molecule has 1 unspecified atom stereocenters. The van der Waals surface area contributed by atoms with Gasteiger partial charge in [-0.05, 0) is 18.9 Å². The number of hydrogen-bond acceptors (Lipinski definition) is 5. The van der Waals surface area contributed by atoms with E-state index in [-0.39, 0.29) is 24.8 Å². The Morgan fingerprint density at radius 1 is 1.22 bits per heavy atom. The number of amides is 1. The van der Waals surface area contributed by atoms with Crippen LogP contribution in [0.2, 0.25) is 5.02 Å². The van der Waals surface area contributed by atoms with Crippen LogP contribution in [0.3, 0.4) is 0 Å². The topological polar surface area (TPSA) is 70.0 Å². The Labute approximate surface area is 212 Å². The van der Waals surface area contributed by atoms with Crippen LogP contribution in [0, 0.1) is 13.8 Å². The summed E-state index contributed by atoms with van der Waals surface area (Å²) in [5.41, 5.74) is 4.34. The number of aliphatic hydroxyl groups excluding tert-OH is 1. The van der Waals surface area contributed by atoms with Gasteiger partial charge in [-0.25, -0.2) is 11.8 Å². The molecule has 2 aromatic carbocycles. The van der Waals surface area contributed by atoms with Crippen molar-refractivity contribution in [2.24, 2.45) is 4.99 Å². The molecule has 8 heteroatoms. The van der Waals surface area contributed by atoms with E-state index in [1.807, 2.05) is 30.3 Å². The van der Waals surface area contributed by atoms with Gasteiger partial charge in [0.1, 0.15) is 0 Å². The van der Waals surface area contributed by atoms with Gasteiger partial charge in [0.05, 0.1) is 11.4 Å². The average Bonchev–Trinajstić information content (AvgIpc) is 2.77. The summed E-state index contributed by atoms with van der Waals surface area (Å²) in [5, 5.41) is 9.35. The molecule has 0 fully saturated rings. The zero-order chi connectivity index (χ0) is 23.4. The average molecular weight is 467 g/mol. The largest absolute Gasteiger partial charge is 1.00 e. The maximum atomic E-state index is 13.0. The molecule has 0 saturated heterocycles. The zero-order valence-corrected chi connectivity index (χ0v) is 20.6. The van der Waals surface area contributed by atoms with Crippen molar-refractivity contribution in [3.63, 3.8) is 0 Å². The fourth-order valence-electron chi connectivity index (χ4n) is 2.54. The fourth-order valence-corrected chi connectivity index (χ4v) is 3.54. The number of halogens is 1. The number of ketones is 1. The minimum absolute atomic E-state index is 0. The molecule has 1 N–H and O–H groups in total. The molecular formula is C24H28ClLiN2O3S-2. The molecule has 2 rings (SSSR count). The van der Waals surface area contributed by atoms with Gasteiger partial charge in [0.2, 0.25) is 5.91 Å². The number of benzene rings is 2. The van der Waals surface area contributed by atoms with Gasteiger partial charge in [0, 0.05) is 24.4 Å². The summed E-state index contributed by atoms with van der Waals surface area (Å²) < 4.78 is 0. The van der Waals surface area contributed by atoms with Crippen LogP contribution in [0.4, 0.5) is 5.69 Å². The van der Waals surface area contributed by atoms with Crippen LogP contribution in [0.5, 0.6) is 0 Å². The zero-order valence-electron chi connectivity index (χ0n) is 19.0. The van der Waals surface area contributed by atoms with E-state index >= 15 is 0 Å². The van der Waals surface area contributed by atoms with E-state index in [0.29, 0.717) is 29.2 Å². The Morgan fingerprint density at radius 3 is 2.41 bits per heavy atom. The van der Waals surface area contributed by atoms with E-state index in [0.717, 1.165) is 17.3 Å². The van der Waals surface area contributed by atoms with Crippen LogP contribution in [0.25, 0.3) is 0 Å². The van der Waals surface area contributed by atoms with E-state index in [1.54, 1.807) is 37.9 Å². The van der Waals surface area contributed by atoms with Crippen molar-refractivity contribution in [2.45, 2.75) is 31.6 Å². The fraction of sp³-hybridized carbons (Fsp3) is 0.292. The van der Waals surface area contributed by atoms with E-state index in [9.17, 15) is 14.7 Å². The van der Waals surface area contributed by atoms with Crippen molar-refractivity contribution in [2.75, 3.05) is 13.6 Å². The number of hydrogen-bond donors (Lipinski definition) is 1. The first-order valence-corrected chi connectivity index (χ1v) is 11.0. The summed E-state index contributed by atoms with van der Waals surface area (Å²) in [6.07, 6.45) is 0.0103. The van der Waals surface area contributed by atoms with Crippen LogP contribution < -0.4 is 18.9 Å². The number of rotatable bonds is 9. The number of likely N-dealkylation sites (N-methyl/N-ethyl adjacent to an activating group) is 1. The van der Waals surface area contributed by atoms with Gasteiger partial charge in [0.25, 0.3) is 0 Å². The third-order valence-electron chi connectivity index (χ3n) is 4.18. The van der Waals surface area contributed by atoms with Crippen molar-refractivity contribution < 1.29 is 33.6 Å². The maximum absolute atomic E-state index is 13.0. The second-order valence-corrected chi connectivity index (χ2v) is 7.92. The third-order valence-corrected chi connectivity index (χ3v) is 5.32. The van der Waals surface area contributed by atoms with Gasteiger partial charge in [-0.3, -0.25) is 4.79 Å². The Bertz CT molecular complexity index is 879. The Balaban J connectivity index is 0.00000311. The minimum Gasteiger partial charge on any atom is -0.463 e. The molecule has 0 heterocycles. The first-order valence-electron chi connectivity index (χ1n) is 9.75. The number of nitrogens with zero attached hydrogens (tertiary/aromatic N) is 2. The molecule has 2 atom stereocenters. The Morgan fingerprint density at radius 2 is 1.84 bits per heavy atom. The summed E-state index contributed by atoms with van der Waals surface area (Å²) in [4.78, 5) is 30.5. The van der Waals surface area contributed by atoms with Gasteiger partial charge in [0.15, 0.2) is 0 Å². The molecule has 2 aromatic rings. The van der Waals surface area contributed by atoms with Gasteiger partial charge in [-0.2, -0.15) is 25.1 Å². The molecule has 5 nitrogen and oxygen atoms in total. The Kier molecular flexibility index (Phi) is 15.2. The van der Waals surface area contributed by atoms with Crippen molar-refractivity contribution >= 4 is 46.3 Å². The third kappa shape index (κ3) is 9.85. The summed E-state index contributed by atoms with van der Waals surface area (Å²) in [6.45, 7) is 10.5. The van der Waals surface area contributed by atoms with Crippen LogP contribution in [-0.4, -0.2) is 46.9 Å². The van der Waals surface area contributed by atoms with Crippen LogP contribution in [0.15, 0.2) is 53.5 Å². The van der Waals surface area contributed by atoms with E-state index < -0.39 is 17.1 Å². The van der Waals surface area contributed by atoms with Gasteiger partial charge in [-0.15, -0.1) is 17.7 Å². The summed E-state index contributed by atoms with van der Waals surface area (Å²) in [5.74, 6) is -0.513. The molecular weight excluding hydrogens is 439 g/mol. The van der Waals surface area contributed by atoms with Gasteiger partial charge < -0.3 is 26.7 Å².